The number of hydrogen-bond acceptors (Lipinski definition) is 3. The van der Waals surface area contributed by atoms with Gasteiger partial charge in [0, 0.05) is 12.0 Å². The standard InChI is InChI=1S/C13H16ClF3O3/c1-19-10-6-5-8(11(14)12(10)20-2)9(18)4-3-7-13(15,16)17/h5-6,9,18H,3-4,7H2,1-2H3. The molecule has 1 atom stereocenters. The summed E-state index contributed by atoms with van der Waals surface area (Å²) in [6, 6.07) is 3.06. The third-order valence-corrected chi connectivity index (χ3v) is 3.20. The van der Waals surface area contributed by atoms with E-state index in [1.54, 1.807) is 6.07 Å². The van der Waals surface area contributed by atoms with E-state index in [0.29, 0.717) is 11.3 Å². The summed E-state index contributed by atoms with van der Waals surface area (Å²) >= 11 is 6.07. The Labute approximate surface area is 120 Å². The maximum atomic E-state index is 12.1. The summed E-state index contributed by atoms with van der Waals surface area (Å²) in [5.74, 6) is 0.644. The van der Waals surface area contributed by atoms with E-state index >= 15 is 0 Å². The van der Waals surface area contributed by atoms with Crippen LogP contribution in [0.1, 0.15) is 30.9 Å². The summed E-state index contributed by atoms with van der Waals surface area (Å²) < 4.78 is 46.3. The fourth-order valence-corrected chi connectivity index (χ4v) is 2.17. The van der Waals surface area contributed by atoms with Gasteiger partial charge in [0.1, 0.15) is 0 Å². The van der Waals surface area contributed by atoms with Crippen LogP contribution in [-0.2, 0) is 0 Å². The van der Waals surface area contributed by atoms with Crippen molar-refractivity contribution < 1.29 is 27.8 Å². The maximum absolute atomic E-state index is 12.1. The van der Waals surface area contributed by atoms with Crippen LogP contribution in [0.4, 0.5) is 13.2 Å². The molecule has 0 aliphatic heterocycles. The monoisotopic (exact) mass is 312 g/mol. The summed E-state index contributed by atoms with van der Waals surface area (Å²) in [5, 5.41) is 10.1. The van der Waals surface area contributed by atoms with E-state index in [9.17, 15) is 18.3 Å². The first-order valence-corrected chi connectivity index (χ1v) is 6.33. The number of ether oxygens (including phenoxy) is 2. The number of halogens is 4. The van der Waals surface area contributed by atoms with Gasteiger partial charge in [-0.1, -0.05) is 17.7 Å². The Morgan fingerprint density at radius 2 is 1.90 bits per heavy atom. The van der Waals surface area contributed by atoms with Crippen LogP contribution < -0.4 is 9.47 Å². The first-order valence-electron chi connectivity index (χ1n) is 5.95. The lowest BCUT2D eigenvalue weighted by Crippen LogP contribution is -2.08. The summed E-state index contributed by atoms with van der Waals surface area (Å²) in [6.45, 7) is 0. The molecule has 1 N–H and O–H groups in total. The molecule has 0 bridgehead atoms. The molecule has 0 aliphatic carbocycles. The highest BCUT2D eigenvalue weighted by atomic mass is 35.5. The molecule has 0 saturated heterocycles. The lowest BCUT2D eigenvalue weighted by molar-refractivity contribution is -0.136. The normalized spacial score (nSPS) is 13.2. The van der Waals surface area contributed by atoms with Gasteiger partial charge in [-0.25, -0.2) is 0 Å². The van der Waals surface area contributed by atoms with Gasteiger partial charge in [-0.05, 0) is 18.9 Å². The van der Waals surface area contributed by atoms with Gasteiger partial charge in [-0.2, -0.15) is 13.2 Å². The Morgan fingerprint density at radius 3 is 2.40 bits per heavy atom. The van der Waals surface area contributed by atoms with E-state index in [1.165, 1.54) is 20.3 Å². The molecular weight excluding hydrogens is 297 g/mol. The van der Waals surface area contributed by atoms with Gasteiger partial charge in [0.05, 0.1) is 25.3 Å². The molecule has 0 heterocycles. The summed E-state index contributed by atoms with van der Waals surface area (Å²) in [6.07, 6.45) is -6.44. The molecular formula is C13H16ClF3O3. The number of alkyl halides is 3. The van der Waals surface area contributed by atoms with Crippen LogP contribution in [0.3, 0.4) is 0 Å². The number of aliphatic hydroxyl groups is 1. The highest BCUT2D eigenvalue weighted by Crippen LogP contribution is 2.40. The molecule has 1 aromatic carbocycles. The molecule has 3 nitrogen and oxygen atoms in total. The summed E-state index contributed by atoms with van der Waals surface area (Å²) in [7, 11) is 2.83. The maximum Gasteiger partial charge on any atom is 0.389 e. The van der Waals surface area contributed by atoms with Crippen LogP contribution >= 0.6 is 11.6 Å². The van der Waals surface area contributed by atoms with E-state index in [-0.39, 0.29) is 23.6 Å². The van der Waals surface area contributed by atoms with Crippen molar-refractivity contribution in [3.05, 3.63) is 22.7 Å². The molecule has 0 fully saturated rings. The second-order valence-corrected chi connectivity index (χ2v) is 4.61. The average Bonchev–Trinajstić information content (AvgIpc) is 2.36. The minimum Gasteiger partial charge on any atom is -0.493 e. The van der Waals surface area contributed by atoms with Crippen LogP contribution in [0.5, 0.6) is 11.5 Å². The molecule has 0 radical (unpaired) electrons. The van der Waals surface area contributed by atoms with Crippen LogP contribution in [0, 0.1) is 0 Å². The first kappa shape index (κ1) is 16.9. The lowest BCUT2D eigenvalue weighted by atomic mass is 10.0. The van der Waals surface area contributed by atoms with Gasteiger partial charge >= 0.3 is 6.18 Å². The van der Waals surface area contributed by atoms with Crippen molar-refractivity contribution in [1.82, 2.24) is 0 Å². The number of aliphatic hydroxyl groups excluding tert-OH is 1. The number of rotatable bonds is 6. The molecule has 1 unspecified atom stereocenters. The summed E-state index contributed by atoms with van der Waals surface area (Å²) in [4.78, 5) is 0. The zero-order valence-corrected chi connectivity index (χ0v) is 11.9. The third-order valence-electron chi connectivity index (χ3n) is 2.81. The van der Waals surface area contributed by atoms with Crippen molar-refractivity contribution in [3.63, 3.8) is 0 Å². The quantitative estimate of drug-likeness (QED) is 0.858. The van der Waals surface area contributed by atoms with E-state index in [2.05, 4.69) is 0 Å². The molecule has 20 heavy (non-hydrogen) atoms. The zero-order valence-electron chi connectivity index (χ0n) is 11.1. The number of benzene rings is 1. The van der Waals surface area contributed by atoms with Crippen LogP contribution in [0.2, 0.25) is 5.02 Å². The van der Waals surface area contributed by atoms with Gasteiger partial charge in [-0.3, -0.25) is 0 Å². The molecule has 0 aliphatic rings. The SMILES string of the molecule is COc1ccc(C(O)CCCC(F)(F)F)c(Cl)c1OC. The van der Waals surface area contributed by atoms with E-state index in [1.807, 2.05) is 0 Å². The number of methoxy groups -OCH3 is 2. The second kappa shape index (κ2) is 7.04. The fourth-order valence-electron chi connectivity index (χ4n) is 1.81. The Hall–Kier alpha value is -1.14. The van der Waals surface area contributed by atoms with Gasteiger partial charge in [0.2, 0.25) is 0 Å². The Morgan fingerprint density at radius 1 is 1.25 bits per heavy atom. The van der Waals surface area contributed by atoms with E-state index in [4.69, 9.17) is 21.1 Å². The lowest BCUT2D eigenvalue weighted by Gasteiger charge is -2.17. The van der Waals surface area contributed by atoms with Crippen molar-refractivity contribution in [2.24, 2.45) is 0 Å². The molecule has 1 aromatic rings. The Bertz CT molecular complexity index is 449. The highest BCUT2D eigenvalue weighted by Gasteiger charge is 2.27. The van der Waals surface area contributed by atoms with Gasteiger partial charge in [-0.15, -0.1) is 0 Å². The van der Waals surface area contributed by atoms with Crippen molar-refractivity contribution in [2.75, 3.05) is 14.2 Å². The molecule has 0 saturated carbocycles. The molecule has 0 amide bonds. The largest absolute Gasteiger partial charge is 0.493 e. The first-order chi connectivity index (χ1) is 9.30. The second-order valence-electron chi connectivity index (χ2n) is 4.23. The third kappa shape index (κ3) is 4.45. The minimum atomic E-state index is -4.22. The van der Waals surface area contributed by atoms with Crippen molar-refractivity contribution in [1.29, 1.82) is 0 Å². The topological polar surface area (TPSA) is 38.7 Å². The molecule has 0 spiro atoms. The van der Waals surface area contributed by atoms with Gasteiger partial charge in [0.15, 0.2) is 11.5 Å². The number of hydrogen-bond donors (Lipinski definition) is 1. The van der Waals surface area contributed by atoms with Gasteiger partial charge in [0.25, 0.3) is 0 Å². The predicted octanol–water partition coefficient (Wildman–Crippen LogP) is 4.12. The average molecular weight is 313 g/mol. The van der Waals surface area contributed by atoms with Crippen molar-refractivity contribution in [3.8, 4) is 11.5 Å². The molecule has 0 aromatic heterocycles. The Balaban J connectivity index is 2.81. The highest BCUT2D eigenvalue weighted by molar-refractivity contribution is 6.33. The fraction of sp³-hybridized carbons (Fsp3) is 0.538. The van der Waals surface area contributed by atoms with Crippen molar-refractivity contribution >= 4 is 11.6 Å². The predicted molar refractivity (Wildman–Crippen MR) is 69.4 cm³/mol. The molecule has 7 heteroatoms. The molecule has 1 rings (SSSR count). The smallest absolute Gasteiger partial charge is 0.389 e. The van der Waals surface area contributed by atoms with Gasteiger partial charge < -0.3 is 14.6 Å². The van der Waals surface area contributed by atoms with Crippen molar-refractivity contribution in [2.45, 2.75) is 31.5 Å². The van der Waals surface area contributed by atoms with E-state index < -0.39 is 18.7 Å². The van der Waals surface area contributed by atoms with Crippen LogP contribution in [0.15, 0.2) is 12.1 Å². The minimum absolute atomic E-state index is 0.0330. The van der Waals surface area contributed by atoms with E-state index in [0.717, 1.165) is 0 Å². The van der Waals surface area contributed by atoms with Crippen LogP contribution in [0.25, 0.3) is 0 Å². The summed E-state index contributed by atoms with van der Waals surface area (Å²) in [5.41, 5.74) is 0.325. The zero-order chi connectivity index (χ0) is 15.3. The Kier molecular flexibility index (Phi) is 5.95. The van der Waals surface area contributed by atoms with Crippen LogP contribution in [-0.4, -0.2) is 25.5 Å². The molecule has 114 valence electrons.